The van der Waals surface area contributed by atoms with Gasteiger partial charge in [0.15, 0.2) is 10.8 Å². The molecule has 0 spiro atoms. The van der Waals surface area contributed by atoms with E-state index in [1.807, 2.05) is 25.2 Å². The van der Waals surface area contributed by atoms with Gasteiger partial charge in [0, 0.05) is 36.5 Å². The van der Waals surface area contributed by atoms with Crippen molar-refractivity contribution in [3.05, 3.63) is 36.7 Å². The molecule has 1 aliphatic carbocycles. The second-order valence-corrected chi connectivity index (χ2v) is 8.36. The Bertz CT molecular complexity index is 1150. The number of thiazole rings is 1. The van der Waals surface area contributed by atoms with Gasteiger partial charge in [0.25, 0.3) is 0 Å². The van der Waals surface area contributed by atoms with E-state index in [9.17, 15) is 5.11 Å². The molecule has 0 saturated heterocycles. The molecule has 9 heteroatoms. The van der Waals surface area contributed by atoms with Crippen LogP contribution in [-0.2, 0) is 0 Å². The number of phenolic OH excluding ortho intramolecular Hbond substituents is 1. The fourth-order valence-corrected chi connectivity index (χ4v) is 4.62. The highest BCUT2D eigenvalue weighted by molar-refractivity contribution is 7.22. The molecular weight excluding hydrogens is 386 g/mol. The van der Waals surface area contributed by atoms with E-state index in [0.29, 0.717) is 29.0 Å². The number of aromatic amines is 1. The topological polar surface area (TPSA) is 103 Å². The van der Waals surface area contributed by atoms with Gasteiger partial charge in [-0.15, -0.1) is 10.2 Å². The molecule has 1 saturated carbocycles. The summed E-state index contributed by atoms with van der Waals surface area (Å²) in [6, 6.07) is 8.55. The summed E-state index contributed by atoms with van der Waals surface area (Å²) in [4.78, 5) is 6.88. The van der Waals surface area contributed by atoms with Gasteiger partial charge >= 0.3 is 0 Å². The number of phenols is 1. The summed E-state index contributed by atoms with van der Waals surface area (Å²) in [6.45, 7) is 0. The first-order chi connectivity index (χ1) is 14.1. The summed E-state index contributed by atoms with van der Waals surface area (Å²) in [5, 5.41) is 30.1. The van der Waals surface area contributed by atoms with E-state index in [-0.39, 0.29) is 5.75 Å². The van der Waals surface area contributed by atoms with Crippen LogP contribution in [-0.4, -0.2) is 56.7 Å². The minimum atomic E-state index is 0.159. The first-order valence-corrected chi connectivity index (χ1v) is 10.3. The zero-order valence-corrected chi connectivity index (χ0v) is 16.9. The number of hydrogen-bond donors (Lipinski definition) is 3. The van der Waals surface area contributed by atoms with Gasteiger partial charge in [-0.1, -0.05) is 17.4 Å². The van der Waals surface area contributed by atoms with Crippen LogP contribution in [0.25, 0.3) is 32.7 Å². The summed E-state index contributed by atoms with van der Waals surface area (Å²) in [7, 11) is 4.09. The van der Waals surface area contributed by atoms with Crippen molar-refractivity contribution in [2.24, 2.45) is 0 Å². The Balaban J connectivity index is 1.43. The van der Waals surface area contributed by atoms with Crippen LogP contribution in [0.2, 0.25) is 0 Å². The number of aromatic hydroxyl groups is 1. The predicted octanol–water partition coefficient (Wildman–Crippen LogP) is 3.04. The molecule has 0 aliphatic heterocycles. The Morgan fingerprint density at radius 2 is 2.07 bits per heavy atom. The zero-order valence-electron chi connectivity index (χ0n) is 16.1. The van der Waals surface area contributed by atoms with Crippen LogP contribution in [0.5, 0.6) is 5.75 Å². The van der Waals surface area contributed by atoms with E-state index in [0.717, 1.165) is 33.8 Å². The number of aromatic nitrogens is 5. The number of benzene rings is 1. The lowest BCUT2D eigenvalue weighted by Gasteiger charge is -2.40. The standard InChI is InChI=1S/C20H21N7OS/c1-21-13-6-14(7-13)27(2)20-24-19-18(29-20)8-16(25-26-19)15-4-3-11(5-17(15)28)12-9-22-23-10-12/h3-5,8-10,13-14,21,28H,6-7H2,1-2H3,(H,22,23)/t13-,14-. The molecule has 4 aromatic rings. The number of nitrogens with zero attached hydrogens (tertiary/aromatic N) is 5. The summed E-state index contributed by atoms with van der Waals surface area (Å²) in [5.41, 5.74) is 3.71. The van der Waals surface area contributed by atoms with Gasteiger partial charge in [0.2, 0.25) is 0 Å². The number of hydrogen-bond acceptors (Lipinski definition) is 8. The fraction of sp³-hybridized carbons (Fsp3) is 0.300. The fourth-order valence-electron chi connectivity index (χ4n) is 3.65. The normalized spacial score (nSPS) is 18.7. The maximum absolute atomic E-state index is 10.5. The first kappa shape index (κ1) is 18.0. The Morgan fingerprint density at radius 3 is 2.79 bits per heavy atom. The van der Waals surface area contributed by atoms with E-state index in [4.69, 9.17) is 0 Å². The maximum Gasteiger partial charge on any atom is 0.194 e. The van der Waals surface area contributed by atoms with Crippen molar-refractivity contribution in [1.29, 1.82) is 0 Å². The first-order valence-electron chi connectivity index (χ1n) is 9.49. The molecule has 0 amide bonds. The van der Waals surface area contributed by atoms with Crippen molar-refractivity contribution in [3.63, 3.8) is 0 Å². The van der Waals surface area contributed by atoms with E-state index in [2.05, 4.69) is 42.6 Å². The molecule has 1 fully saturated rings. The number of nitrogens with one attached hydrogen (secondary N) is 2. The van der Waals surface area contributed by atoms with Crippen LogP contribution >= 0.6 is 11.3 Å². The van der Waals surface area contributed by atoms with Crippen molar-refractivity contribution in [2.45, 2.75) is 24.9 Å². The highest BCUT2D eigenvalue weighted by Gasteiger charge is 2.32. The highest BCUT2D eigenvalue weighted by atomic mass is 32.1. The van der Waals surface area contributed by atoms with Crippen molar-refractivity contribution in [1.82, 2.24) is 30.7 Å². The van der Waals surface area contributed by atoms with Crippen LogP contribution in [0.4, 0.5) is 5.13 Å². The molecule has 3 aromatic heterocycles. The third kappa shape index (κ3) is 3.22. The van der Waals surface area contributed by atoms with E-state index in [1.54, 1.807) is 29.8 Å². The monoisotopic (exact) mass is 407 g/mol. The van der Waals surface area contributed by atoms with E-state index in [1.165, 1.54) is 0 Å². The largest absolute Gasteiger partial charge is 0.507 e. The molecule has 148 valence electrons. The second-order valence-electron chi connectivity index (χ2n) is 7.35. The molecule has 1 aromatic carbocycles. The minimum Gasteiger partial charge on any atom is -0.507 e. The second kappa shape index (κ2) is 7.09. The van der Waals surface area contributed by atoms with Crippen molar-refractivity contribution in [2.75, 3.05) is 19.0 Å². The number of anilines is 1. The van der Waals surface area contributed by atoms with Crippen LogP contribution in [0.3, 0.4) is 0 Å². The molecule has 1 aliphatic rings. The number of rotatable bonds is 5. The zero-order chi connectivity index (χ0) is 20.0. The molecule has 5 rings (SSSR count). The van der Waals surface area contributed by atoms with Crippen LogP contribution in [0.1, 0.15) is 12.8 Å². The van der Waals surface area contributed by atoms with Crippen LogP contribution in [0.15, 0.2) is 36.7 Å². The van der Waals surface area contributed by atoms with Gasteiger partial charge in [0.05, 0.1) is 16.6 Å². The van der Waals surface area contributed by atoms with Gasteiger partial charge in [-0.05, 0) is 43.7 Å². The van der Waals surface area contributed by atoms with Crippen LogP contribution < -0.4 is 10.2 Å². The van der Waals surface area contributed by atoms with E-state index < -0.39 is 0 Å². The lowest BCUT2D eigenvalue weighted by molar-refractivity contribution is 0.299. The summed E-state index contributed by atoms with van der Waals surface area (Å²) >= 11 is 1.61. The summed E-state index contributed by atoms with van der Waals surface area (Å²) < 4.78 is 0.958. The SMILES string of the molecule is CN[C@H]1C[C@H](N(C)c2nc3nnc(-c4ccc(-c5cn[nH]c5)cc4O)cc3s2)C1. The molecule has 0 radical (unpaired) electrons. The molecule has 8 nitrogen and oxygen atoms in total. The van der Waals surface area contributed by atoms with Crippen molar-refractivity contribution >= 4 is 26.8 Å². The van der Waals surface area contributed by atoms with Crippen molar-refractivity contribution < 1.29 is 5.11 Å². The number of H-pyrrole nitrogens is 1. The Labute approximate surface area is 171 Å². The Morgan fingerprint density at radius 1 is 1.21 bits per heavy atom. The highest BCUT2D eigenvalue weighted by Crippen LogP contribution is 2.36. The number of fused-ring (bicyclic) bond motifs is 1. The summed E-state index contributed by atoms with van der Waals surface area (Å²) in [6.07, 6.45) is 5.75. The lowest BCUT2D eigenvalue weighted by Crippen LogP contribution is -2.50. The average molecular weight is 408 g/mol. The third-order valence-corrected chi connectivity index (χ3v) is 6.70. The van der Waals surface area contributed by atoms with Gasteiger partial charge in [-0.25, -0.2) is 0 Å². The molecule has 0 atom stereocenters. The molecule has 29 heavy (non-hydrogen) atoms. The molecule has 0 unspecified atom stereocenters. The minimum absolute atomic E-state index is 0.159. The molecular formula is C20H21N7OS. The summed E-state index contributed by atoms with van der Waals surface area (Å²) in [5.74, 6) is 0.159. The Hall–Kier alpha value is -3.04. The van der Waals surface area contributed by atoms with Gasteiger partial charge < -0.3 is 15.3 Å². The van der Waals surface area contributed by atoms with E-state index >= 15 is 0 Å². The van der Waals surface area contributed by atoms with Gasteiger partial charge in [-0.3, -0.25) is 5.10 Å². The van der Waals surface area contributed by atoms with Crippen molar-refractivity contribution in [3.8, 4) is 28.1 Å². The molecule has 3 N–H and O–H groups in total. The smallest absolute Gasteiger partial charge is 0.194 e. The Kier molecular flexibility index (Phi) is 4.40. The van der Waals surface area contributed by atoms with Gasteiger partial charge in [0.1, 0.15) is 5.75 Å². The quantitative estimate of drug-likeness (QED) is 0.467. The van der Waals surface area contributed by atoms with Crippen LogP contribution in [0, 0.1) is 0 Å². The maximum atomic E-state index is 10.5. The molecule has 0 bridgehead atoms. The third-order valence-electron chi connectivity index (χ3n) is 5.62. The average Bonchev–Trinajstić information content (AvgIpc) is 3.36. The molecule has 3 heterocycles. The van der Waals surface area contributed by atoms with Gasteiger partial charge in [-0.2, -0.15) is 10.1 Å². The predicted molar refractivity (Wildman–Crippen MR) is 114 cm³/mol. The lowest BCUT2D eigenvalue weighted by atomic mass is 9.86.